The smallest absolute Gasteiger partial charge is 0.227 e. The lowest BCUT2D eigenvalue weighted by molar-refractivity contribution is -0.132. The molecule has 0 aliphatic carbocycles. The summed E-state index contributed by atoms with van der Waals surface area (Å²) >= 11 is 0. The standard InChI is InChI=1S/C30H30N2O5/c1-18(2)17-36-21-10-8-20(9-11-21)24(30-29(35)27(33)14-19(3)37-30)15-28(34)32-13-12-23-22-6-4-5-7-25(22)31-26(23)16-32/h4-11,14,24,31,35H,1,12-13,15-17H2,2-3H3/t24-/m0/s1. The van der Waals surface area contributed by atoms with Crippen LogP contribution >= 0.6 is 0 Å². The van der Waals surface area contributed by atoms with Crippen LogP contribution in [-0.2, 0) is 17.8 Å². The summed E-state index contributed by atoms with van der Waals surface area (Å²) in [5, 5.41) is 11.8. The number of rotatable bonds is 7. The van der Waals surface area contributed by atoms with Crippen molar-refractivity contribution < 1.29 is 19.1 Å². The van der Waals surface area contributed by atoms with Crippen molar-refractivity contribution in [2.75, 3.05) is 13.2 Å². The van der Waals surface area contributed by atoms with Gasteiger partial charge < -0.3 is 24.1 Å². The lowest BCUT2D eigenvalue weighted by Gasteiger charge is -2.29. The number of aromatic nitrogens is 1. The van der Waals surface area contributed by atoms with Crippen LogP contribution in [-0.4, -0.2) is 34.0 Å². The summed E-state index contributed by atoms with van der Waals surface area (Å²) in [7, 11) is 0. The molecule has 0 radical (unpaired) electrons. The Labute approximate surface area is 215 Å². The third kappa shape index (κ3) is 5.03. The Morgan fingerprint density at radius 1 is 1.22 bits per heavy atom. The second-order valence-corrected chi connectivity index (χ2v) is 9.70. The van der Waals surface area contributed by atoms with Crippen LogP contribution in [0.4, 0.5) is 0 Å². The number of amides is 1. The quantitative estimate of drug-likeness (QED) is 0.342. The zero-order valence-electron chi connectivity index (χ0n) is 21.0. The average Bonchev–Trinajstić information content (AvgIpc) is 3.26. The number of ether oxygens (including phenoxy) is 1. The number of fused-ring (bicyclic) bond motifs is 3. The highest BCUT2D eigenvalue weighted by atomic mass is 16.5. The third-order valence-corrected chi connectivity index (χ3v) is 6.77. The van der Waals surface area contributed by atoms with Crippen molar-refractivity contribution >= 4 is 16.8 Å². The molecule has 1 amide bonds. The fourth-order valence-corrected chi connectivity index (χ4v) is 4.94. The number of aromatic amines is 1. The molecule has 4 aromatic rings. The van der Waals surface area contributed by atoms with Crippen LogP contribution in [0.25, 0.3) is 10.9 Å². The molecule has 0 saturated carbocycles. The number of benzene rings is 2. The normalized spacial score (nSPS) is 13.8. The van der Waals surface area contributed by atoms with Gasteiger partial charge in [-0.05, 0) is 55.2 Å². The third-order valence-electron chi connectivity index (χ3n) is 6.77. The summed E-state index contributed by atoms with van der Waals surface area (Å²) < 4.78 is 11.5. The lowest BCUT2D eigenvalue weighted by atomic mass is 9.91. The van der Waals surface area contributed by atoms with Gasteiger partial charge in [-0.1, -0.05) is 36.9 Å². The van der Waals surface area contributed by atoms with Crippen molar-refractivity contribution in [2.24, 2.45) is 0 Å². The van der Waals surface area contributed by atoms with Crippen LogP contribution < -0.4 is 10.2 Å². The largest absolute Gasteiger partial charge is 0.502 e. The molecular weight excluding hydrogens is 468 g/mol. The van der Waals surface area contributed by atoms with Crippen molar-refractivity contribution in [1.82, 2.24) is 9.88 Å². The maximum atomic E-state index is 13.6. The topological polar surface area (TPSA) is 95.8 Å². The molecule has 190 valence electrons. The van der Waals surface area contributed by atoms with Crippen LogP contribution in [0.5, 0.6) is 11.5 Å². The van der Waals surface area contributed by atoms with Gasteiger partial charge in [-0.25, -0.2) is 0 Å². The van der Waals surface area contributed by atoms with Crippen molar-refractivity contribution in [1.29, 1.82) is 0 Å². The number of nitrogens with zero attached hydrogens (tertiary/aromatic N) is 1. The van der Waals surface area contributed by atoms with Crippen LogP contribution in [0.15, 0.2) is 76.0 Å². The Morgan fingerprint density at radius 2 is 1.97 bits per heavy atom. The monoisotopic (exact) mass is 498 g/mol. The Balaban J connectivity index is 1.43. The molecule has 37 heavy (non-hydrogen) atoms. The summed E-state index contributed by atoms with van der Waals surface area (Å²) in [6, 6.07) is 16.7. The Hall–Kier alpha value is -4.26. The maximum absolute atomic E-state index is 13.6. The van der Waals surface area contributed by atoms with E-state index in [0.29, 0.717) is 31.2 Å². The molecule has 2 aromatic carbocycles. The Kier molecular flexibility index (Phi) is 6.61. The highest BCUT2D eigenvalue weighted by Crippen LogP contribution is 2.35. The lowest BCUT2D eigenvalue weighted by Crippen LogP contribution is -2.36. The summed E-state index contributed by atoms with van der Waals surface area (Å²) in [6.45, 7) is 8.86. The summed E-state index contributed by atoms with van der Waals surface area (Å²) in [5.74, 6) is -0.0637. The summed E-state index contributed by atoms with van der Waals surface area (Å²) in [5.41, 5.74) is 4.48. The van der Waals surface area contributed by atoms with Gasteiger partial charge >= 0.3 is 0 Å². The van der Waals surface area contributed by atoms with Crippen LogP contribution in [0.1, 0.15) is 47.6 Å². The highest BCUT2D eigenvalue weighted by molar-refractivity contribution is 5.86. The molecular formula is C30H30N2O5. The van der Waals surface area contributed by atoms with E-state index in [9.17, 15) is 14.7 Å². The van der Waals surface area contributed by atoms with Gasteiger partial charge in [0.25, 0.3) is 0 Å². The van der Waals surface area contributed by atoms with Gasteiger partial charge in [0.05, 0.1) is 12.5 Å². The molecule has 7 heteroatoms. The van der Waals surface area contributed by atoms with E-state index in [2.05, 4.69) is 17.6 Å². The number of aromatic hydroxyl groups is 1. The van der Waals surface area contributed by atoms with Gasteiger partial charge in [0.15, 0.2) is 5.76 Å². The first kappa shape index (κ1) is 24.4. The van der Waals surface area contributed by atoms with Gasteiger partial charge in [-0.3, -0.25) is 9.59 Å². The van der Waals surface area contributed by atoms with Gasteiger partial charge in [-0.15, -0.1) is 0 Å². The van der Waals surface area contributed by atoms with Crippen LogP contribution in [0, 0.1) is 6.92 Å². The zero-order chi connectivity index (χ0) is 26.1. The minimum Gasteiger partial charge on any atom is -0.502 e. The van der Waals surface area contributed by atoms with E-state index in [4.69, 9.17) is 9.15 Å². The van der Waals surface area contributed by atoms with Crippen molar-refractivity contribution in [3.63, 3.8) is 0 Å². The van der Waals surface area contributed by atoms with Crippen molar-refractivity contribution in [2.45, 2.75) is 39.2 Å². The van der Waals surface area contributed by atoms with E-state index in [1.807, 2.05) is 42.2 Å². The molecule has 3 heterocycles. The van der Waals surface area contributed by atoms with E-state index in [1.165, 1.54) is 17.0 Å². The van der Waals surface area contributed by atoms with Crippen molar-refractivity contribution in [3.8, 4) is 11.5 Å². The van der Waals surface area contributed by atoms with E-state index < -0.39 is 17.1 Å². The first-order valence-corrected chi connectivity index (χ1v) is 12.4. The van der Waals surface area contributed by atoms with Gasteiger partial charge in [0.2, 0.25) is 17.1 Å². The molecule has 0 fully saturated rings. The van der Waals surface area contributed by atoms with E-state index in [-0.39, 0.29) is 18.1 Å². The predicted molar refractivity (Wildman–Crippen MR) is 142 cm³/mol. The molecule has 2 aromatic heterocycles. The molecule has 1 atom stereocenters. The van der Waals surface area contributed by atoms with E-state index >= 15 is 0 Å². The summed E-state index contributed by atoms with van der Waals surface area (Å²) in [6.07, 6.45) is 0.802. The highest BCUT2D eigenvalue weighted by Gasteiger charge is 2.30. The Bertz CT molecular complexity index is 1530. The fourth-order valence-electron chi connectivity index (χ4n) is 4.94. The number of H-pyrrole nitrogens is 1. The van der Waals surface area contributed by atoms with Crippen LogP contribution in [0.2, 0.25) is 0 Å². The van der Waals surface area contributed by atoms with Crippen molar-refractivity contribution in [3.05, 3.63) is 105 Å². The first-order chi connectivity index (χ1) is 17.8. The van der Waals surface area contributed by atoms with Gasteiger partial charge in [0.1, 0.15) is 18.1 Å². The SMILES string of the molecule is C=C(C)COc1ccc([C@H](CC(=O)N2CCc3c([nH]c4ccccc34)C2)c2oc(C)cc(=O)c2O)cc1. The maximum Gasteiger partial charge on any atom is 0.227 e. The van der Waals surface area contributed by atoms with Gasteiger partial charge in [-0.2, -0.15) is 0 Å². The minimum absolute atomic E-state index is 0.0431. The number of para-hydroxylation sites is 1. The first-order valence-electron chi connectivity index (χ1n) is 12.4. The number of carbonyl (C=O) groups is 1. The molecule has 2 N–H and O–H groups in total. The van der Waals surface area contributed by atoms with E-state index in [0.717, 1.165) is 28.8 Å². The second kappa shape index (κ2) is 10.0. The molecule has 0 unspecified atom stereocenters. The number of hydrogen-bond donors (Lipinski definition) is 2. The zero-order valence-corrected chi connectivity index (χ0v) is 21.0. The summed E-state index contributed by atoms with van der Waals surface area (Å²) in [4.78, 5) is 31.2. The van der Waals surface area contributed by atoms with Crippen LogP contribution in [0.3, 0.4) is 0 Å². The second-order valence-electron chi connectivity index (χ2n) is 9.70. The molecule has 1 aliphatic rings. The molecule has 0 saturated heterocycles. The average molecular weight is 499 g/mol. The fraction of sp³-hybridized carbons (Fsp3) is 0.267. The number of hydrogen-bond acceptors (Lipinski definition) is 5. The number of nitrogens with one attached hydrogen (secondary N) is 1. The minimum atomic E-state index is -0.639. The van der Waals surface area contributed by atoms with E-state index in [1.54, 1.807) is 19.1 Å². The number of carbonyl (C=O) groups excluding carboxylic acids is 1. The molecule has 0 bridgehead atoms. The molecule has 5 rings (SSSR count). The van der Waals surface area contributed by atoms with Gasteiger partial charge in [0, 0.05) is 35.6 Å². The molecule has 7 nitrogen and oxygen atoms in total. The molecule has 0 spiro atoms. The number of aryl methyl sites for hydroxylation is 1. The molecule has 1 aliphatic heterocycles. The Morgan fingerprint density at radius 3 is 2.73 bits per heavy atom. The predicted octanol–water partition coefficient (Wildman–Crippen LogP) is 5.20.